The predicted molar refractivity (Wildman–Crippen MR) is 133 cm³/mol. The highest BCUT2D eigenvalue weighted by Gasteiger charge is 2.41. The summed E-state index contributed by atoms with van der Waals surface area (Å²) >= 11 is 2.25. The molecule has 1 heterocycles. The molecule has 0 amide bonds. The Balaban J connectivity index is 2.21. The van der Waals surface area contributed by atoms with Crippen LogP contribution in [-0.2, 0) is 19.3 Å². The minimum Gasteiger partial charge on any atom is -0.417 e. The van der Waals surface area contributed by atoms with Crippen LogP contribution in [0.3, 0.4) is 0 Å². The van der Waals surface area contributed by atoms with Crippen molar-refractivity contribution in [3.05, 3.63) is 39.1 Å². The third kappa shape index (κ3) is 5.68. The number of sulfonamides is 1. The Morgan fingerprint density at radius 3 is 2.27 bits per heavy atom. The SMILES string of the molecule is Cc1ccc(S(=O)(=O)N2OC(C(C)C)C(I)=C2CCCO[Si](C)(C)C(C)(C)C)cc1. The molecule has 2 rings (SSSR count). The molecule has 1 aliphatic rings. The molecule has 5 nitrogen and oxygen atoms in total. The Hall–Kier alpha value is -0.423. The molecule has 170 valence electrons. The Labute approximate surface area is 197 Å². The van der Waals surface area contributed by atoms with Crippen LogP contribution in [0, 0.1) is 12.8 Å². The van der Waals surface area contributed by atoms with Gasteiger partial charge in [-0.15, -0.1) is 4.47 Å². The summed E-state index contributed by atoms with van der Waals surface area (Å²) in [5.74, 6) is 0.175. The van der Waals surface area contributed by atoms with Crippen molar-refractivity contribution in [3.8, 4) is 0 Å². The lowest BCUT2D eigenvalue weighted by molar-refractivity contribution is -0.0855. The van der Waals surface area contributed by atoms with Crippen molar-refractivity contribution in [3.63, 3.8) is 0 Å². The topological polar surface area (TPSA) is 55.8 Å². The quantitative estimate of drug-likeness (QED) is 0.208. The highest BCUT2D eigenvalue weighted by atomic mass is 127. The summed E-state index contributed by atoms with van der Waals surface area (Å²) in [6.45, 7) is 17.8. The molecule has 8 heteroatoms. The maximum atomic E-state index is 13.3. The number of aryl methyl sites for hydroxylation is 1. The predicted octanol–water partition coefficient (Wildman–Crippen LogP) is 6.40. The molecule has 0 spiro atoms. The van der Waals surface area contributed by atoms with Crippen molar-refractivity contribution in [2.24, 2.45) is 5.92 Å². The number of benzene rings is 1. The molecule has 30 heavy (non-hydrogen) atoms. The van der Waals surface area contributed by atoms with Gasteiger partial charge in [0.05, 0.1) is 10.6 Å². The highest BCUT2D eigenvalue weighted by molar-refractivity contribution is 14.1. The van der Waals surface area contributed by atoms with Crippen molar-refractivity contribution in [2.75, 3.05) is 6.61 Å². The summed E-state index contributed by atoms with van der Waals surface area (Å²) in [7, 11) is -5.60. The lowest BCUT2D eigenvalue weighted by Gasteiger charge is -2.36. The van der Waals surface area contributed by atoms with E-state index in [2.05, 4.69) is 56.5 Å². The normalized spacial score (nSPS) is 18.6. The van der Waals surface area contributed by atoms with E-state index >= 15 is 0 Å². The first-order valence-electron chi connectivity index (χ1n) is 10.5. The first kappa shape index (κ1) is 25.8. The largest absolute Gasteiger partial charge is 0.417 e. The summed E-state index contributed by atoms with van der Waals surface area (Å²) in [5.41, 5.74) is 1.75. The molecule has 1 aromatic carbocycles. The molecule has 1 unspecified atom stereocenters. The van der Waals surface area contributed by atoms with Crippen LogP contribution < -0.4 is 0 Å². The molecule has 1 aliphatic heterocycles. The minimum absolute atomic E-state index is 0.153. The number of hydrogen-bond acceptors (Lipinski definition) is 4. The molecule has 1 aromatic rings. The van der Waals surface area contributed by atoms with Crippen LogP contribution in [0.4, 0.5) is 0 Å². The van der Waals surface area contributed by atoms with Crippen LogP contribution in [0.15, 0.2) is 38.4 Å². The van der Waals surface area contributed by atoms with Gasteiger partial charge >= 0.3 is 0 Å². The van der Waals surface area contributed by atoms with Crippen LogP contribution in [0.5, 0.6) is 0 Å². The van der Waals surface area contributed by atoms with Crippen molar-refractivity contribution < 1.29 is 17.7 Å². The fraction of sp³-hybridized carbons (Fsp3) is 0.636. The molecule has 0 radical (unpaired) electrons. The van der Waals surface area contributed by atoms with Gasteiger partial charge < -0.3 is 4.43 Å². The second kappa shape index (κ2) is 9.60. The molecule has 0 fully saturated rings. The van der Waals surface area contributed by atoms with Gasteiger partial charge in [0, 0.05) is 10.2 Å². The van der Waals surface area contributed by atoms with E-state index < -0.39 is 18.3 Å². The van der Waals surface area contributed by atoms with Gasteiger partial charge in [-0.05, 0) is 78.5 Å². The van der Waals surface area contributed by atoms with Gasteiger partial charge in [0.1, 0.15) is 6.10 Å². The van der Waals surface area contributed by atoms with E-state index in [-0.39, 0.29) is 22.0 Å². The summed E-state index contributed by atoms with van der Waals surface area (Å²) in [6, 6.07) is 6.90. The smallest absolute Gasteiger partial charge is 0.286 e. The fourth-order valence-corrected chi connectivity index (χ4v) is 6.81. The standard InChI is InChI=1S/C22H36INO4SSi/c1-16(2)21-20(23)19(10-9-15-27-30(7,8)22(4,5)6)24(28-21)29(25,26)18-13-11-17(3)12-14-18/h11-14,16,21H,9-10,15H2,1-8H3. The number of rotatable bonds is 8. The first-order chi connectivity index (χ1) is 13.7. The van der Waals surface area contributed by atoms with Gasteiger partial charge in [0.2, 0.25) is 0 Å². The van der Waals surface area contributed by atoms with Gasteiger partial charge in [-0.3, -0.25) is 0 Å². The summed E-state index contributed by atoms with van der Waals surface area (Å²) in [6.07, 6.45) is 1.10. The lowest BCUT2D eigenvalue weighted by Crippen LogP contribution is -2.41. The third-order valence-corrected chi connectivity index (χ3v) is 13.3. The lowest BCUT2D eigenvalue weighted by atomic mass is 10.1. The molecular weight excluding hydrogens is 529 g/mol. The van der Waals surface area contributed by atoms with Gasteiger partial charge in [-0.1, -0.05) is 52.3 Å². The van der Waals surface area contributed by atoms with E-state index in [1.54, 1.807) is 12.1 Å². The fourth-order valence-electron chi connectivity index (χ4n) is 2.88. The first-order valence-corrected chi connectivity index (χ1v) is 15.9. The second-order valence-corrected chi connectivity index (χ2v) is 17.5. The van der Waals surface area contributed by atoms with E-state index in [1.165, 1.54) is 0 Å². The maximum Gasteiger partial charge on any atom is 0.286 e. The number of hydrogen-bond donors (Lipinski definition) is 0. The molecule has 0 bridgehead atoms. The number of halogens is 1. The molecule has 0 saturated heterocycles. The monoisotopic (exact) mass is 565 g/mol. The van der Waals surface area contributed by atoms with Crippen molar-refractivity contribution in [1.29, 1.82) is 0 Å². The maximum absolute atomic E-state index is 13.3. The zero-order valence-electron chi connectivity index (χ0n) is 19.5. The third-order valence-electron chi connectivity index (χ3n) is 5.92. The van der Waals surface area contributed by atoms with Crippen molar-refractivity contribution >= 4 is 40.9 Å². The average molecular weight is 566 g/mol. The number of allylic oxidation sites excluding steroid dienone is 1. The molecule has 0 N–H and O–H groups in total. The zero-order chi connectivity index (χ0) is 22.9. The molecule has 1 atom stereocenters. The van der Waals surface area contributed by atoms with Gasteiger partial charge in [-0.25, -0.2) is 4.84 Å². The van der Waals surface area contributed by atoms with Gasteiger partial charge in [0.25, 0.3) is 10.0 Å². The number of nitrogens with zero attached hydrogens (tertiary/aromatic N) is 1. The van der Waals surface area contributed by atoms with Gasteiger partial charge in [-0.2, -0.15) is 8.42 Å². The van der Waals surface area contributed by atoms with E-state index in [0.717, 1.165) is 25.7 Å². The average Bonchev–Trinajstić information content (AvgIpc) is 2.95. The summed E-state index contributed by atoms with van der Waals surface area (Å²) < 4.78 is 35.1. The van der Waals surface area contributed by atoms with Crippen LogP contribution in [0.25, 0.3) is 0 Å². The van der Waals surface area contributed by atoms with Crippen molar-refractivity contribution in [2.45, 2.75) is 83.5 Å². The molecule has 0 aliphatic carbocycles. The Morgan fingerprint density at radius 1 is 1.20 bits per heavy atom. The summed E-state index contributed by atoms with van der Waals surface area (Å²) in [4.78, 5) is 6.23. The highest BCUT2D eigenvalue weighted by Crippen LogP contribution is 2.41. The van der Waals surface area contributed by atoms with Crippen LogP contribution in [-0.4, -0.2) is 33.9 Å². The minimum atomic E-state index is -3.78. The summed E-state index contributed by atoms with van der Waals surface area (Å²) in [5, 5.41) is 0.153. The number of hydroxylamine groups is 1. The van der Waals surface area contributed by atoms with Crippen LogP contribution in [0.2, 0.25) is 18.1 Å². The van der Waals surface area contributed by atoms with E-state index in [9.17, 15) is 8.42 Å². The van der Waals surface area contributed by atoms with E-state index in [1.807, 2.05) is 32.9 Å². The molecule has 0 aromatic heterocycles. The second-order valence-electron chi connectivity index (χ2n) is 9.82. The Morgan fingerprint density at radius 2 is 1.77 bits per heavy atom. The van der Waals surface area contributed by atoms with E-state index in [0.29, 0.717) is 13.0 Å². The van der Waals surface area contributed by atoms with E-state index in [4.69, 9.17) is 9.26 Å². The Kier molecular flexibility index (Phi) is 8.27. The molecule has 0 saturated carbocycles. The van der Waals surface area contributed by atoms with Crippen LogP contribution >= 0.6 is 22.6 Å². The zero-order valence-corrected chi connectivity index (χ0v) is 23.4. The van der Waals surface area contributed by atoms with Crippen molar-refractivity contribution in [1.82, 2.24) is 4.47 Å². The molecular formula is C22H36INO4SSi. The van der Waals surface area contributed by atoms with Crippen LogP contribution in [0.1, 0.15) is 53.0 Å². The Bertz CT molecular complexity index is 873. The van der Waals surface area contributed by atoms with Gasteiger partial charge in [0.15, 0.2) is 8.32 Å².